The van der Waals surface area contributed by atoms with Crippen LogP contribution in [0.3, 0.4) is 0 Å². The zero-order chi connectivity index (χ0) is 13.1. The van der Waals surface area contributed by atoms with Crippen molar-refractivity contribution >= 4 is 5.69 Å². The molecule has 0 amide bonds. The standard InChI is InChI=1S/C13H19N3O2/c1-9-2-3-11(8-12(9)16(17)18)13(14)10-4-6-15-7-5-10/h2-3,8,10,13,15H,4-7,14H2,1H3/t13-/m1/s1. The molecule has 3 N–H and O–H groups in total. The number of hydrogen-bond donors (Lipinski definition) is 2. The molecule has 1 aliphatic rings. The maximum atomic E-state index is 10.9. The topological polar surface area (TPSA) is 81.2 Å². The smallest absolute Gasteiger partial charge is 0.272 e. The highest BCUT2D eigenvalue weighted by atomic mass is 16.6. The van der Waals surface area contributed by atoms with E-state index < -0.39 is 0 Å². The number of aryl methyl sites for hydroxylation is 1. The van der Waals surface area contributed by atoms with Crippen molar-refractivity contribution < 1.29 is 4.92 Å². The molecule has 0 saturated carbocycles. The molecule has 1 fully saturated rings. The summed E-state index contributed by atoms with van der Waals surface area (Å²) in [6.45, 7) is 3.70. The summed E-state index contributed by atoms with van der Waals surface area (Å²) in [6, 6.07) is 5.22. The maximum Gasteiger partial charge on any atom is 0.272 e. The van der Waals surface area contributed by atoms with Crippen molar-refractivity contribution in [2.75, 3.05) is 13.1 Å². The fraction of sp³-hybridized carbons (Fsp3) is 0.538. The number of nitrogens with one attached hydrogen (secondary N) is 1. The molecule has 1 heterocycles. The molecule has 1 aliphatic heterocycles. The number of nitrogens with zero attached hydrogens (tertiary/aromatic N) is 1. The average molecular weight is 249 g/mol. The number of nitro benzene ring substituents is 1. The Morgan fingerprint density at radius 1 is 1.44 bits per heavy atom. The molecule has 5 nitrogen and oxygen atoms in total. The first-order valence-electron chi connectivity index (χ1n) is 6.31. The first-order valence-corrected chi connectivity index (χ1v) is 6.31. The van der Waals surface area contributed by atoms with Crippen LogP contribution in [0.2, 0.25) is 0 Å². The lowest BCUT2D eigenvalue weighted by molar-refractivity contribution is -0.385. The second kappa shape index (κ2) is 5.46. The summed E-state index contributed by atoms with van der Waals surface area (Å²) in [7, 11) is 0. The van der Waals surface area contributed by atoms with Crippen molar-refractivity contribution in [2.24, 2.45) is 11.7 Å². The lowest BCUT2D eigenvalue weighted by Gasteiger charge is -2.28. The second-order valence-electron chi connectivity index (χ2n) is 4.92. The molecular formula is C13H19N3O2. The predicted octanol–water partition coefficient (Wildman–Crippen LogP) is 1.90. The molecule has 0 spiro atoms. The highest BCUT2D eigenvalue weighted by molar-refractivity contribution is 5.43. The third-order valence-corrected chi connectivity index (χ3v) is 3.71. The lowest BCUT2D eigenvalue weighted by Crippen LogP contribution is -2.33. The van der Waals surface area contributed by atoms with Crippen LogP contribution in [0.1, 0.15) is 30.0 Å². The summed E-state index contributed by atoms with van der Waals surface area (Å²) < 4.78 is 0. The van der Waals surface area contributed by atoms with E-state index in [2.05, 4.69) is 5.32 Å². The Labute approximate surface area is 107 Å². The van der Waals surface area contributed by atoms with Crippen molar-refractivity contribution in [3.63, 3.8) is 0 Å². The van der Waals surface area contributed by atoms with E-state index in [4.69, 9.17) is 5.73 Å². The highest BCUT2D eigenvalue weighted by Crippen LogP contribution is 2.29. The molecular weight excluding hydrogens is 230 g/mol. The van der Waals surface area contributed by atoms with Crippen LogP contribution in [0.25, 0.3) is 0 Å². The summed E-state index contributed by atoms with van der Waals surface area (Å²) in [5.41, 5.74) is 7.96. The van der Waals surface area contributed by atoms with E-state index in [9.17, 15) is 10.1 Å². The van der Waals surface area contributed by atoms with Crippen LogP contribution in [0.15, 0.2) is 18.2 Å². The molecule has 0 aliphatic carbocycles. The van der Waals surface area contributed by atoms with Crippen LogP contribution in [0, 0.1) is 23.0 Å². The van der Waals surface area contributed by atoms with E-state index >= 15 is 0 Å². The number of piperidine rings is 1. The molecule has 98 valence electrons. The Bertz CT molecular complexity index is 442. The van der Waals surface area contributed by atoms with Crippen molar-refractivity contribution in [1.82, 2.24) is 5.32 Å². The summed E-state index contributed by atoms with van der Waals surface area (Å²) in [6.07, 6.45) is 2.06. The quantitative estimate of drug-likeness (QED) is 0.633. The van der Waals surface area contributed by atoms with Crippen LogP contribution in [0.5, 0.6) is 0 Å². The number of rotatable bonds is 3. The monoisotopic (exact) mass is 249 g/mol. The Balaban J connectivity index is 2.21. The van der Waals surface area contributed by atoms with Crippen LogP contribution >= 0.6 is 0 Å². The van der Waals surface area contributed by atoms with Crippen LogP contribution < -0.4 is 11.1 Å². The summed E-state index contributed by atoms with van der Waals surface area (Å²) in [5, 5.41) is 14.2. The highest BCUT2D eigenvalue weighted by Gasteiger charge is 2.23. The molecule has 1 saturated heterocycles. The van der Waals surface area contributed by atoms with E-state index in [1.807, 2.05) is 6.07 Å². The van der Waals surface area contributed by atoms with Gasteiger partial charge in [0.2, 0.25) is 0 Å². The molecule has 1 atom stereocenters. The molecule has 1 aromatic rings. The maximum absolute atomic E-state index is 10.9. The average Bonchev–Trinajstić information content (AvgIpc) is 2.39. The van der Waals surface area contributed by atoms with Gasteiger partial charge in [0.05, 0.1) is 4.92 Å². The van der Waals surface area contributed by atoms with Gasteiger partial charge in [0.25, 0.3) is 5.69 Å². The zero-order valence-electron chi connectivity index (χ0n) is 10.6. The molecule has 0 unspecified atom stereocenters. The summed E-state index contributed by atoms with van der Waals surface area (Å²) in [5.74, 6) is 0.411. The number of benzene rings is 1. The van der Waals surface area contributed by atoms with Crippen LogP contribution in [0.4, 0.5) is 5.69 Å². The Hall–Kier alpha value is -1.46. The second-order valence-corrected chi connectivity index (χ2v) is 4.92. The van der Waals surface area contributed by atoms with Crippen molar-refractivity contribution in [3.8, 4) is 0 Å². The third-order valence-electron chi connectivity index (χ3n) is 3.71. The van der Waals surface area contributed by atoms with Crippen LogP contribution in [-0.4, -0.2) is 18.0 Å². The van der Waals surface area contributed by atoms with E-state index in [1.54, 1.807) is 19.1 Å². The normalized spacial score (nSPS) is 18.6. The van der Waals surface area contributed by atoms with Gasteiger partial charge in [0, 0.05) is 17.7 Å². The van der Waals surface area contributed by atoms with Crippen molar-refractivity contribution in [3.05, 3.63) is 39.4 Å². The molecule has 2 rings (SSSR count). The summed E-state index contributed by atoms with van der Waals surface area (Å²) in [4.78, 5) is 10.6. The fourth-order valence-corrected chi connectivity index (χ4v) is 2.51. The number of nitrogens with two attached hydrogens (primary N) is 1. The van der Waals surface area contributed by atoms with Gasteiger partial charge in [0.15, 0.2) is 0 Å². The molecule has 18 heavy (non-hydrogen) atoms. The minimum Gasteiger partial charge on any atom is -0.324 e. The van der Waals surface area contributed by atoms with Gasteiger partial charge in [-0.15, -0.1) is 0 Å². The number of hydrogen-bond acceptors (Lipinski definition) is 4. The SMILES string of the molecule is Cc1ccc([C@H](N)C2CCNCC2)cc1[N+](=O)[O-]. The number of nitro groups is 1. The molecule has 1 aromatic carbocycles. The summed E-state index contributed by atoms with van der Waals surface area (Å²) >= 11 is 0. The molecule has 0 radical (unpaired) electrons. The van der Waals surface area contributed by atoms with Gasteiger partial charge >= 0.3 is 0 Å². The van der Waals surface area contributed by atoms with Crippen molar-refractivity contribution in [2.45, 2.75) is 25.8 Å². The van der Waals surface area contributed by atoms with E-state index in [1.165, 1.54) is 0 Å². The van der Waals surface area contributed by atoms with Gasteiger partial charge in [-0.2, -0.15) is 0 Å². The van der Waals surface area contributed by atoms with Gasteiger partial charge in [-0.25, -0.2) is 0 Å². The Kier molecular flexibility index (Phi) is 3.93. The van der Waals surface area contributed by atoms with Gasteiger partial charge in [0.1, 0.15) is 0 Å². The molecule has 0 aromatic heterocycles. The van der Waals surface area contributed by atoms with Crippen LogP contribution in [-0.2, 0) is 0 Å². The van der Waals surface area contributed by atoms with Gasteiger partial charge < -0.3 is 11.1 Å². The minimum absolute atomic E-state index is 0.105. The van der Waals surface area contributed by atoms with E-state index in [0.29, 0.717) is 11.5 Å². The Morgan fingerprint density at radius 2 is 2.11 bits per heavy atom. The predicted molar refractivity (Wildman–Crippen MR) is 70.4 cm³/mol. The lowest BCUT2D eigenvalue weighted by atomic mass is 9.86. The first kappa shape index (κ1) is 13.0. The van der Waals surface area contributed by atoms with Crippen molar-refractivity contribution in [1.29, 1.82) is 0 Å². The van der Waals surface area contributed by atoms with E-state index in [0.717, 1.165) is 31.5 Å². The first-order chi connectivity index (χ1) is 8.59. The van der Waals surface area contributed by atoms with Gasteiger partial charge in [-0.3, -0.25) is 10.1 Å². The fourth-order valence-electron chi connectivity index (χ4n) is 2.51. The van der Waals surface area contributed by atoms with E-state index in [-0.39, 0.29) is 16.7 Å². The zero-order valence-corrected chi connectivity index (χ0v) is 10.6. The largest absolute Gasteiger partial charge is 0.324 e. The van der Waals surface area contributed by atoms with Gasteiger partial charge in [-0.1, -0.05) is 12.1 Å². The Morgan fingerprint density at radius 3 is 2.72 bits per heavy atom. The van der Waals surface area contributed by atoms with Gasteiger partial charge in [-0.05, 0) is 44.3 Å². The third kappa shape index (κ3) is 2.68. The molecule has 0 bridgehead atoms. The minimum atomic E-state index is -0.339. The molecule has 5 heteroatoms.